The average molecular weight is 280 g/mol. The maximum atomic E-state index is 11.4. The summed E-state index contributed by atoms with van der Waals surface area (Å²) in [5, 5.41) is 8.76. The fourth-order valence-electron chi connectivity index (χ4n) is 1.75. The molecule has 0 aromatic rings. The number of carbonyl (C=O) groups excluding carboxylic acids is 1. The van der Waals surface area contributed by atoms with Gasteiger partial charge in [0.1, 0.15) is 0 Å². The van der Waals surface area contributed by atoms with Gasteiger partial charge in [-0.3, -0.25) is 0 Å². The lowest BCUT2D eigenvalue weighted by molar-refractivity contribution is -0.138. The maximum Gasteiger partial charge on any atom is 0.333 e. The van der Waals surface area contributed by atoms with Crippen LogP contribution in [0.25, 0.3) is 0 Å². The number of esters is 1. The molecule has 3 heteroatoms. The third kappa shape index (κ3) is 9.56. The van der Waals surface area contributed by atoms with Crippen LogP contribution in [0.2, 0.25) is 0 Å². The first-order valence-electron chi connectivity index (χ1n) is 7.27. The molecular weight excluding hydrogens is 252 g/mol. The summed E-state index contributed by atoms with van der Waals surface area (Å²) in [6, 6.07) is 0. The van der Waals surface area contributed by atoms with Gasteiger partial charge < -0.3 is 9.84 Å². The van der Waals surface area contributed by atoms with Crippen LogP contribution in [0.15, 0.2) is 34.9 Å². The van der Waals surface area contributed by atoms with Crippen LogP contribution in [0.1, 0.15) is 53.4 Å². The van der Waals surface area contributed by atoms with Gasteiger partial charge in [0.2, 0.25) is 0 Å². The summed E-state index contributed by atoms with van der Waals surface area (Å²) in [4.78, 5) is 11.4. The maximum absolute atomic E-state index is 11.4. The summed E-state index contributed by atoms with van der Waals surface area (Å²) in [6.07, 6.45) is 9.80. The molecule has 0 aromatic heterocycles. The van der Waals surface area contributed by atoms with E-state index in [1.807, 2.05) is 26.0 Å². The lowest BCUT2D eigenvalue weighted by atomic mass is 10.1. The summed E-state index contributed by atoms with van der Waals surface area (Å²) in [7, 11) is 0. The van der Waals surface area contributed by atoms with Gasteiger partial charge >= 0.3 is 5.97 Å². The minimum atomic E-state index is -0.223. The van der Waals surface area contributed by atoms with Crippen molar-refractivity contribution in [1.29, 1.82) is 0 Å². The fraction of sp³-hybridized carbons (Fsp3) is 0.588. The Labute approximate surface area is 123 Å². The highest BCUT2D eigenvalue weighted by molar-refractivity contribution is 5.87. The van der Waals surface area contributed by atoms with E-state index in [9.17, 15) is 4.79 Å². The van der Waals surface area contributed by atoms with Gasteiger partial charge in [-0.1, -0.05) is 29.4 Å². The third-order valence-electron chi connectivity index (χ3n) is 3.06. The van der Waals surface area contributed by atoms with E-state index in [4.69, 9.17) is 9.84 Å². The first-order valence-corrected chi connectivity index (χ1v) is 7.27. The molecule has 0 amide bonds. The van der Waals surface area contributed by atoms with Crippen molar-refractivity contribution in [3.05, 3.63) is 34.9 Å². The number of aliphatic hydroxyl groups is 1. The number of allylic oxidation sites excluding steroid dienone is 4. The Morgan fingerprint density at radius 1 is 1.00 bits per heavy atom. The molecule has 0 spiro atoms. The van der Waals surface area contributed by atoms with Crippen molar-refractivity contribution in [2.45, 2.75) is 53.4 Å². The van der Waals surface area contributed by atoms with Crippen LogP contribution in [0.3, 0.4) is 0 Å². The number of aliphatic hydroxyl groups excluding tert-OH is 1. The molecule has 20 heavy (non-hydrogen) atoms. The first kappa shape index (κ1) is 18.7. The number of carbonyl (C=O) groups is 1. The predicted molar refractivity (Wildman–Crippen MR) is 83.5 cm³/mol. The molecule has 0 heterocycles. The highest BCUT2D eigenvalue weighted by atomic mass is 16.5. The second-order valence-electron chi connectivity index (χ2n) is 4.97. The molecule has 1 N–H and O–H groups in total. The van der Waals surface area contributed by atoms with Gasteiger partial charge in [-0.05, 0) is 53.4 Å². The molecule has 0 radical (unpaired) electrons. The van der Waals surface area contributed by atoms with Gasteiger partial charge in [-0.15, -0.1) is 0 Å². The van der Waals surface area contributed by atoms with Crippen molar-refractivity contribution in [2.75, 3.05) is 13.2 Å². The third-order valence-corrected chi connectivity index (χ3v) is 3.06. The Balaban J connectivity index is 4.03. The van der Waals surface area contributed by atoms with Crippen molar-refractivity contribution in [1.82, 2.24) is 0 Å². The molecule has 0 unspecified atom stereocenters. The van der Waals surface area contributed by atoms with E-state index < -0.39 is 0 Å². The van der Waals surface area contributed by atoms with Crippen LogP contribution in [0.4, 0.5) is 0 Å². The molecule has 0 fully saturated rings. The van der Waals surface area contributed by atoms with Gasteiger partial charge in [0.05, 0.1) is 13.2 Å². The summed E-state index contributed by atoms with van der Waals surface area (Å²) in [6.45, 7) is 8.28. The normalized spacial score (nSPS) is 13.6. The van der Waals surface area contributed by atoms with E-state index in [-0.39, 0.29) is 12.6 Å². The van der Waals surface area contributed by atoms with Gasteiger partial charge in [0, 0.05) is 5.57 Å². The summed E-state index contributed by atoms with van der Waals surface area (Å²) >= 11 is 0. The van der Waals surface area contributed by atoms with E-state index in [2.05, 4.69) is 13.0 Å². The Morgan fingerprint density at radius 3 is 2.10 bits per heavy atom. The van der Waals surface area contributed by atoms with Crippen molar-refractivity contribution in [3.8, 4) is 0 Å². The molecule has 0 aliphatic heterocycles. The number of hydrogen-bond acceptors (Lipinski definition) is 3. The largest absolute Gasteiger partial charge is 0.463 e. The van der Waals surface area contributed by atoms with Crippen LogP contribution in [0.5, 0.6) is 0 Å². The average Bonchev–Trinajstić information content (AvgIpc) is 2.39. The zero-order valence-electron chi connectivity index (χ0n) is 13.2. The van der Waals surface area contributed by atoms with Crippen molar-refractivity contribution in [2.24, 2.45) is 0 Å². The van der Waals surface area contributed by atoms with Crippen LogP contribution in [0, 0.1) is 0 Å². The van der Waals surface area contributed by atoms with E-state index >= 15 is 0 Å². The molecule has 0 atom stereocenters. The van der Waals surface area contributed by atoms with Gasteiger partial charge in [-0.2, -0.15) is 0 Å². The number of ether oxygens (including phenoxy) is 1. The Morgan fingerprint density at radius 2 is 1.55 bits per heavy atom. The fourth-order valence-corrected chi connectivity index (χ4v) is 1.75. The standard InChI is InChI=1S/C17H28O3/c1-5-20-17(19)16(4)11-7-10-14(2)8-6-9-15(3)12-13-18/h8,11-12,18H,5-7,9-10,13H2,1-4H3/b14-8+,15-12+,16-11+. The molecular formula is C17H28O3. The summed E-state index contributed by atoms with van der Waals surface area (Å²) < 4.78 is 4.93. The summed E-state index contributed by atoms with van der Waals surface area (Å²) in [5.41, 5.74) is 3.23. The van der Waals surface area contributed by atoms with Crippen molar-refractivity contribution in [3.63, 3.8) is 0 Å². The van der Waals surface area contributed by atoms with E-state index in [1.54, 1.807) is 6.92 Å². The molecule has 0 aliphatic carbocycles. The SMILES string of the molecule is CCOC(=O)/C(C)=C/CC/C(C)=C/CC/C(C)=C/CO. The van der Waals surface area contributed by atoms with E-state index in [1.165, 1.54) is 11.1 Å². The minimum Gasteiger partial charge on any atom is -0.463 e. The zero-order chi connectivity index (χ0) is 15.4. The lowest BCUT2D eigenvalue weighted by Gasteiger charge is -2.03. The second kappa shape index (κ2) is 11.5. The molecule has 0 aromatic carbocycles. The molecule has 3 nitrogen and oxygen atoms in total. The quantitative estimate of drug-likeness (QED) is 0.395. The molecule has 0 rings (SSSR count). The Kier molecular flexibility index (Phi) is 10.7. The monoisotopic (exact) mass is 280 g/mol. The Hall–Kier alpha value is -1.35. The lowest BCUT2D eigenvalue weighted by Crippen LogP contribution is -2.04. The predicted octanol–water partition coefficient (Wildman–Crippen LogP) is 3.94. The number of rotatable bonds is 9. The smallest absolute Gasteiger partial charge is 0.333 e. The topological polar surface area (TPSA) is 46.5 Å². The number of hydrogen-bond donors (Lipinski definition) is 1. The van der Waals surface area contributed by atoms with Gasteiger partial charge in [0.25, 0.3) is 0 Å². The molecule has 114 valence electrons. The second-order valence-corrected chi connectivity index (χ2v) is 4.97. The zero-order valence-corrected chi connectivity index (χ0v) is 13.2. The molecule has 0 bridgehead atoms. The van der Waals surface area contributed by atoms with E-state index in [0.717, 1.165) is 25.7 Å². The van der Waals surface area contributed by atoms with Crippen LogP contribution in [-0.2, 0) is 9.53 Å². The van der Waals surface area contributed by atoms with Crippen LogP contribution in [-0.4, -0.2) is 24.3 Å². The van der Waals surface area contributed by atoms with Gasteiger partial charge in [-0.25, -0.2) is 4.79 Å². The van der Waals surface area contributed by atoms with Crippen LogP contribution < -0.4 is 0 Å². The minimum absolute atomic E-state index is 0.118. The highest BCUT2D eigenvalue weighted by Gasteiger charge is 2.02. The first-order chi connectivity index (χ1) is 9.51. The van der Waals surface area contributed by atoms with E-state index in [0.29, 0.717) is 12.2 Å². The highest BCUT2D eigenvalue weighted by Crippen LogP contribution is 2.11. The van der Waals surface area contributed by atoms with Crippen molar-refractivity contribution >= 4 is 5.97 Å². The van der Waals surface area contributed by atoms with Crippen molar-refractivity contribution < 1.29 is 14.6 Å². The van der Waals surface area contributed by atoms with Gasteiger partial charge in [0.15, 0.2) is 0 Å². The van der Waals surface area contributed by atoms with Crippen LogP contribution >= 0.6 is 0 Å². The molecule has 0 saturated heterocycles. The molecule has 0 aliphatic rings. The summed E-state index contributed by atoms with van der Waals surface area (Å²) in [5.74, 6) is -0.223. The molecule has 0 saturated carbocycles. The Bertz CT molecular complexity index is 376.